The van der Waals surface area contributed by atoms with Crippen LogP contribution in [0.2, 0.25) is 0 Å². The second kappa shape index (κ2) is 8.05. The smallest absolute Gasteiger partial charge is 0.237 e. The van der Waals surface area contributed by atoms with E-state index >= 15 is 0 Å². The fourth-order valence-electron chi connectivity index (χ4n) is 3.50. The number of methoxy groups -OCH3 is 3. The van der Waals surface area contributed by atoms with Crippen molar-refractivity contribution in [2.45, 2.75) is 5.41 Å². The van der Waals surface area contributed by atoms with Gasteiger partial charge in [0.2, 0.25) is 5.91 Å². The van der Waals surface area contributed by atoms with Gasteiger partial charge in [-0.05, 0) is 53.1 Å². The summed E-state index contributed by atoms with van der Waals surface area (Å²) in [5, 5.41) is 0. The third-order valence-corrected chi connectivity index (χ3v) is 4.88. The van der Waals surface area contributed by atoms with Crippen LogP contribution >= 0.6 is 0 Å². The zero-order chi connectivity index (χ0) is 20.1. The van der Waals surface area contributed by atoms with E-state index in [-0.39, 0.29) is 0 Å². The summed E-state index contributed by atoms with van der Waals surface area (Å²) in [5.74, 6) is 1.39. The monoisotopic (exact) mass is 377 g/mol. The van der Waals surface area contributed by atoms with Gasteiger partial charge < -0.3 is 19.9 Å². The van der Waals surface area contributed by atoms with Crippen LogP contribution < -0.4 is 19.9 Å². The SMILES string of the molecule is COc1cccc(C(C(N)=O)(c2cccc(OC)c2)c2cccc(OC)c2)c1. The standard InChI is InChI=1S/C23H23NO4/c1-26-19-10-4-7-16(13-19)23(22(24)25,17-8-5-11-20(14-17)27-2)18-9-6-12-21(15-18)28-3/h4-15H,1-3H3,(H2,24,25). The van der Waals surface area contributed by atoms with Crippen molar-refractivity contribution in [3.05, 3.63) is 89.5 Å². The maximum atomic E-state index is 13.1. The van der Waals surface area contributed by atoms with Crippen LogP contribution in [0.5, 0.6) is 17.2 Å². The fraction of sp³-hybridized carbons (Fsp3) is 0.174. The van der Waals surface area contributed by atoms with Gasteiger partial charge >= 0.3 is 0 Å². The Bertz CT molecular complexity index is 868. The zero-order valence-corrected chi connectivity index (χ0v) is 16.1. The first kappa shape index (κ1) is 19.3. The molecule has 0 fully saturated rings. The van der Waals surface area contributed by atoms with E-state index in [1.54, 1.807) is 21.3 Å². The Morgan fingerprint density at radius 1 is 0.679 bits per heavy atom. The van der Waals surface area contributed by atoms with Gasteiger partial charge in [0.1, 0.15) is 22.7 Å². The largest absolute Gasteiger partial charge is 0.497 e. The zero-order valence-electron chi connectivity index (χ0n) is 16.1. The Hall–Kier alpha value is -3.47. The van der Waals surface area contributed by atoms with Gasteiger partial charge in [0.15, 0.2) is 0 Å². The second-order valence-electron chi connectivity index (χ2n) is 6.31. The molecule has 28 heavy (non-hydrogen) atoms. The molecule has 2 N–H and O–H groups in total. The molecule has 3 aromatic rings. The van der Waals surface area contributed by atoms with Gasteiger partial charge in [-0.1, -0.05) is 36.4 Å². The number of carbonyl (C=O) groups excluding carboxylic acids is 1. The molecule has 0 unspecified atom stereocenters. The average Bonchev–Trinajstić information content (AvgIpc) is 2.74. The lowest BCUT2D eigenvalue weighted by Crippen LogP contribution is -2.43. The highest BCUT2D eigenvalue weighted by Gasteiger charge is 2.43. The van der Waals surface area contributed by atoms with E-state index in [9.17, 15) is 4.79 Å². The lowest BCUT2D eigenvalue weighted by Gasteiger charge is -2.33. The number of hydrogen-bond acceptors (Lipinski definition) is 4. The van der Waals surface area contributed by atoms with Gasteiger partial charge in [-0.15, -0.1) is 0 Å². The third kappa shape index (κ3) is 3.27. The Balaban J connectivity index is 2.40. The molecule has 0 heterocycles. The quantitative estimate of drug-likeness (QED) is 0.640. The Labute approximate surface area is 164 Å². The molecule has 0 aromatic heterocycles. The number of hydrogen-bond donors (Lipinski definition) is 1. The first-order valence-corrected chi connectivity index (χ1v) is 8.79. The van der Waals surface area contributed by atoms with Crippen LogP contribution in [0.1, 0.15) is 16.7 Å². The van der Waals surface area contributed by atoms with Crippen molar-refractivity contribution in [3.8, 4) is 17.2 Å². The lowest BCUT2D eigenvalue weighted by molar-refractivity contribution is -0.120. The Morgan fingerprint density at radius 3 is 1.25 bits per heavy atom. The van der Waals surface area contributed by atoms with Crippen LogP contribution in [-0.4, -0.2) is 27.2 Å². The lowest BCUT2D eigenvalue weighted by atomic mass is 9.68. The predicted molar refractivity (Wildman–Crippen MR) is 108 cm³/mol. The Morgan fingerprint density at radius 2 is 1.00 bits per heavy atom. The van der Waals surface area contributed by atoms with E-state index in [2.05, 4.69) is 0 Å². The summed E-state index contributed by atoms with van der Waals surface area (Å²) >= 11 is 0. The summed E-state index contributed by atoms with van der Waals surface area (Å²) in [7, 11) is 4.76. The van der Waals surface area contributed by atoms with Crippen LogP contribution in [0.25, 0.3) is 0 Å². The van der Waals surface area contributed by atoms with E-state index in [0.29, 0.717) is 33.9 Å². The third-order valence-electron chi connectivity index (χ3n) is 4.88. The van der Waals surface area contributed by atoms with Gasteiger partial charge in [0.25, 0.3) is 0 Å². The molecule has 0 saturated carbocycles. The summed E-state index contributed by atoms with van der Waals surface area (Å²) in [6.45, 7) is 0. The number of benzene rings is 3. The molecule has 0 saturated heterocycles. The van der Waals surface area contributed by atoms with Crippen LogP contribution in [0.15, 0.2) is 72.8 Å². The highest BCUT2D eigenvalue weighted by Crippen LogP contribution is 2.42. The second-order valence-corrected chi connectivity index (χ2v) is 6.31. The number of rotatable bonds is 7. The Kier molecular flexibility index (Phi) is 5.54. The van der Waals surface area contributed by atoms with E-state index in [0.717, 1.165) is 0 Å². The molecule has 0 spiro atoms. The van der Waals surface area contributed by atoms with E-state index < -0.39 is 11.3 Å². The van der Waals surface area contributed by atoms with Gasteiger partial charge in [-0.2, -0.15) is 0 Å². The minimum absolute atomic E-state index is 0.512. The summed E-state index contributed by atoms with van der Waals surface area (Å²) in [6.07, 6.45) is 0. The van der Waals surface area contributed by atoms with Gasteiger partial charge in [-0.25, -0.2) is 0 Å². The van der Waals surface area contributed by atoms with Gasteiger partial charge in [0, 0.05) is 0 Å². The summed E-state index contributed by atoms with van der Waals surface area (Å²) in [4.78, 5) is 13.1. The van der Waals surface area contributed by atoms with Crippen LogP contribution in [0, 0.1) is 0 Å². The summed E-state index contributed by atoms with van der Waals surface area (Å²) in [5.41, 5.74) is 6.91. The van der Waals surface area contributed by atoms with Crippen molar-refractivity contribution in [1.29, 1.82) is 0 Å². The van der Waals surface area contributed by atoms with E-state index in [4.69, 9.17) is 19.9 Å². The average molecular weight is 377 g/mol. The maximum absolute atomic E-state index is 13.1. The minimum atomic E-state index is -1.25. The number of nitrogens with two attached hydrogens (primary N) is 1. The molecule has 0 radical (unpaired) electrons. The van der Waals surface area contributed by atoms with Crippen molar-refractivity contribution in [2.75, 3.05) is 21.3 Å². The molecule has 0 bridgehead atoms. The molecule has 0 aliphatic carbocycles. The van der Waals surface area contributed by atoms with Crippen molar-refractivity contribution >= 4 is 5.91 Å². The van der Waals surface area contributed by atoms with Crippen LogP contribution in [-0.2, 0) is 10.2 Å². The molecular weight excluding hydrogens is 354 g/mol. The highest BCUT2D eigenvalue weighted by molar-refractivity contribution is 5.95. The molecule has 0 aliphatic rings. The van der Waals surface area contributed by atoms with Crippen molar-refractivity contribution in [3.63, 3.8) is 0 Å². The molecule has 5 nitrogen and oxygen atoms in total. The summed E-state index contributed by atoms with van der Waals surface area (Å²) < 4.78 is 16.2. The topological polar surface area (TPSA) is 70.8 Å². The molecule has 5 heteroatoms. The molecule has 3 rings (SSSR count). The van der Waals surface area contributed by atoms with Crippen molar-refractivity contribution in [2.24, 2.45) is 5.73 Å². The normalized spacial score (nSPS) is 11.0. The first-order chi connectivity index (χ1) is 13.6. The van der Waals surface area contributed by atoms with E-state index in [1.165, 1.54) is 0 Å². The molecule has 144 valence electrons. The van der Waals surface area contributed by atoms with Gasteiger partial charge in [-0.3, -0.25) is 4.79 Å². The number of primary amides is 1. The number of ether oxygens (including phenoxy) is 3. The van der Waals surface area contributed by atoms with Crippen LogP contribution in [0.4, 0.5) is 0 Å². The predicted octanol–water partition coefficient (Wildman–Crippen LogP) is 3.53. The summed E-state index contributed by atoms with van der Waals surface area (Å²) in [6, 6.07) is 22.1. The number of carbonyl (C=O) groups is 1. The molecule has 3 aromatic carbocycles. The molecular formula is C23H23NO4. The number of amides is 1. The molecule has 1 amide bonds. The van der Waals surface area contributed by atoms with Crippen molar-refractivity contribution < 1.29 is 19.0 Å². The van der Waals surface area contributed by atoms with Crippen molar-refractivity contribution in [1.82, 2.24) is 0 Å². The van der Waals surface area contributed by atoms with E-state index in [1.807, 2.05) is 72.8 Å². The van der Waals surface area contributed by atoms with Gasteiger partial charge in [0.05, 0.1) is 21.3 Å². The fourth-order valence-corrected chi connectivity index (χ4v) is 3.50. The minimum Gasteiger partial charge on any atom is -0.497 e. The highest BCUT2D eigenvalue weighted by atomic mass is 16.5. The van der Waals surface area contributed by atoms with Crippen LogP contribution in [0.3, 0.4) is 0 Å². The maximum Gasteiger partial charge on any atom is 0.237 e. The molecule has 0 aliphatic heterocycles. The molecule has 0 atom stereocenters. The first-order valence-electron chi connectivity index (χ1n) is 8.79.